The van der Waals surface area contributed by atoms with E-state index in [9.17, 15) is 10.1 Å². The molecule has 0 fully saturated rings. The van der Waals surface area contributed by atoms with Crippen LogP contribution in [0.4, 0.5) is 5.69 Å². The number of hydrogen-bond acceptors (Lipinski definition) is 4. The van der Waals surface area contributed by atoms with Gasteiger partial charge >= 0.3 is 0 Å². The fraction of sp³-hybridized carbons (Fsp3) is 0.286. The maximum atomic E-state index is 10.9. The lowest BCUT2D eigenvalue weighted by atomic mass is 10.1. The topological polar surface area (TPSA) is 68.9 Å². The SMILES string of the molecule is CCCc1c(Cl)nc(-c2cc([N+](=O)[O-])ccc2C)nc1Cl. The van der Waals surface area contributed by atoms with Gasteiger partial charge in [-0.2, -0.15) is 0 Å². The van der Waals surface area contributed by atoms with E-state index in [0.29, 0.717) is 23.4 Å². The molecule has 0 N–H and O–H groups in total. The first-order valence-corrected chi connectivity index (χ1v) is 7.17. The normalized spacial score (nSPS) is 10.7. The molecule has 0 amide bonds. The molecule has 0 aliphatic carbocycles. The number of aromatic nitrogens is 2. The largest absolute Gasteiger partial charge is 0.270 e. The van der Waals surface area contributed by atoms with Gasteiger partial charge in [0.1, 0.15) is 10.3 Å². The van der Waals surface area contributed by atoms with Gasteiger partial charge in [-0.25, -0.2) is 9.97 Å². The van der Waals surface area contributed by atoms with Gasteiger partial charge in [-0.05, 0) is 18.9 Å². The number of nitrogens with zero attached hydrogens (tertiary/aromatic N) is 3. The highest BCUT2D eigenvalue weighted by molar-refractivity contribution is 6.34. The summed E-state index contributed by atoms with van der Waals surface area (Å²) in [6, 6.07) is 4.52. The van der Waals surface area contributed by atoms with Crippen molar-refractivity contribution in [3.8, 4) is 11.4 Å². The molecule has 1 heterocycles. The summed E-state index contributed by atoms with van der Waals surface area (Å²) in [5.41, 5.74) is 2.05. The first kappa shape index (κ1) is 15.7. The van der Waals surface area contributed by atoms with Gasteiger partial charge in [-0.1, -0.05) is 42.6 Å². The summed E-state index contributed by atoms with van der Waals surface area (Å²) in [6.07, 6.45) is 1.56. The average molecular weight is 326 g/mol. The highest BCUT2D eigenvalue weighted by Crippen LogP contribution is 2.30. The number of aryl methyl sites for hydroxylation is 1. The second-order valence-electron chi connectivity index (χ2n) is 4.61. The Kier molecular flexibility index (Phi) is 4.75. The molecule has 0 aliphatic heterocycles. The van der Waals surface area contributed by atoms with Crippen molar-refractivity contribution in [2.75, 3.05) is 0 Å². The summed E-state index contributed by atoms with van der Waals surface area (Å²) in [4.78, 5) is 18.9. The van der Waals surface area contributed by atoms with Crippen LogP contribution in [0.2, 0.25) is 10.3 Å². The zero-order valence-electron chi connectivity index (χ0n) is 11.6. The van der Waals surface area contributed by atoms with E-state index in [4.69, 9.17) is 23.2 Å². The quantitative estimate of drug-likeness (QED) is 0.467. The molecule has 0 bridgehead atoms. The minimum absolute atomic E-state index is 0.0240. The van der Waals surface area contributed by atoms with E-state index in [-0.39, 0.29) is 16.0 Å². The molecule has 0 spiro atoms. The van der Waals surface area contributed by atoms with Crippen molar-refractivity contribution in [3.63, 3.8) is 0 Å². The maximum absolute atomic E-state index is 10.9. The second kappa shape index (κ2) is 6.37. The predicted octanol–water partition coefficient (Wildman–Crippen LogP) is 4.62. The molecule has 2 rings (SSSR count). The maximum Gasteiger partial charge on any atom is 0.270 e. The number of nitro groups is 1. The Bertz CT molecular complexity index is 682. The van der Waals surface area contributed by atoms with Crippen LogP contribution in [0.1, 0.15) is 24.5 Å². The van der Waals surface area contributed by atoms with Crippen LogP contribution in [0.25, 0.3) is 11.4 Å². The highest BCUT2D eigenvalue weighted by atomic mass is 35.5. The molecule has 0 aliphatic rings. The Morgan fingerprint density at radius 1 is 1.24 bits per heavy atom. The van der Waals surface area contributed by atoms with Gasteiger partial charge in [0.05, 0.1) is 4.92 Å². The molecular formula is C14H13Cl2N3O2. The van der Waals surface area contributed by atoms with Gasteiger partial charge < -0.3 is 0 Å². The summed E-state index contributed by atoms with van der Waals surface area (Å²) in [5.74, 6) is 0.297. The van der Waals surface area contributed by atoms with Crippen molar-refractivity contribution in [1.82, 2.24) is 9.97 Å². The first-order chi connectivity index (χ1) is 9.93. The highest BCUT2D eigenvalue weighted by Gasteiger charge is 2.16. The van der Waals surface area contributed by atoms with E-state index >= 15 is 0 Å². The van der Waals surface area contributed by atoms with E-state index in [1.165, 1.54) is 12.1 Å². The number of halogens is 2. The molecule has 21 heavy (non-hydrogen) atoms. The molecule has 1 aromatic heterocycles. The van der Waals surface area contributed by atoms with Crippen molar-refractivity contribution in [3.05, 3.63) is 49.7 Å². The number of rotatable bonds is 4. The third-order valence-electron chi connectivity index (χ3n) is 3.08. The number of hydrogen-bond donors (Lipinski definition) is 0. The Balaban J connectivity index is 2.57. The first-order valence-electron chi connectivity index (χ1n) is 6.41. The van der Waals surface area contributed by atoms with Crippen molar-refractivity contribution in [2.24, 2.45) is 0 Å². The Hall–Kier alpha value is -1.72. The van der Waals surface area contributed by atoms with Gasteiger partial charge in [0.2, 0.25) is 0 Å². The summed E-state index contributed by atoms with van der Waals surface area (Å²) in [6.45, 7) is 3.83. The van der Waals surface area contributed by atoms with Crippen LogP contribution in [0.15, 0.2) is 18.2 Å². The summed E-state index contributed by atoms with van der Waals surface area (Å²) < 4.78 is 0. The van der Waals surface area contributed by atoms with Crippen molar-refractivity contribution in [2.45, 2.75) is 26.7 Å². The van der Waals surface area contributed by atoms with E-state index in [1.54, 1.807) is 6.07 Å². The van der Waals surface area contributed by atoms with Crippen LogP contribution in [-0.4, -0.2) is 14.9 Å². The monoisotopic (exact) mass is 325 g/mol. The minimum Gasteiger partial charge on any atom is -0.258 e. The molecular weight excluding hydrogens is 313 g/mol. The lowest BCUT2D eigenvalue weighted by Gasteiger charge is -2.09. The van der Waals surface area contributed by atoms with E-state index in [2.05, 4.69) is 9.97 Å². The van der Waals surface area contributed by atoms with Crippen LogP contribution >= 0.6 is 23.2 Å². The standard InChI is InChI=1S/C14H13Cl2N3O2/c1-3-4-10-12(15)17-14(18-13(10)16)11-7-9(19(20)21)6-5-8(11)2/h5-7H,3-4H2,1-2H3. The number of nitro benzene ring substituents is 1. The molecule has 0 saturated heterocycles. The fourth-order valence-corrected chi connectivity index (χ4v) is 2.55. The van der Waals surface area contributed by atoms with Crippen LogP contribution < -0.4 is 0 Å². The van der Waals surface area contributed by atoms with Crippen LogP contribution in [0.5, 0.6) is 0 Å². The minimum atomic E-state index is -0.461. The fourth-order valence-electron chi connectivity index (χ4n) is 1.97. The van der Waals surface area contributed by atoms with Gasteiger partial charge in [0.25, 0.3) is 5.69 Å². The van der Waals surface area contributed by atoms with Crippen molar-refractivity contribution in [1.29, 1.82) is 0 Å². The van der Waals surface area contributed by atoms with Crippen LogP contribution in [0, 0.1) is 17.0 Å². The van der Waals surface area contributed by atoms with Crippen LogP contribution in [0.3, 0.4) is 0 Å². The molecule has 0 atom stereocenters. The number of non-ortho nitro benzene ring substituents is 1. The lowest BCUT2D eigenvalue weighted by Crippen LogP contribution is -1.99. The molecule has 7 heteroatoms. The van der Waals surface area contributed by atoms with Crippen molar-refractivity contribution < 1.29 is 4.92 Å². The summed E-state index contributed by atoms with van der Waals surface area (Å²) in [7, 11) is 0. The molecule has 1 aromatic carbocycles. The molecule has 0 saturated carbocycles. The second-order valence-corrected chi connectivity index (χ2v) is 5.33. The van der Waals surface area contributed by atoms with Gasteiger partial charge in [-0.15, -0.1) is 0 Å². The van der Waals surface area contributed by atoms with Gasteiger partial charge in [-0.3, -0.25) is 10.1 Å². The third-order valence-corrected chi connectivity index (χ3v) is 3.70. The van der Waals surface area contributed by atoms with Gasteiger partial charge in [0.15, 0.2) is 5.82 Å². The van der Waals surface area contributed by atoms with Crippen molar-refractivity contribution >= 4 is 28.9 Å². The predicted molar refractivity (Wildman–Crippen MR) is 82.9 cm³/mol. The van der Waals surface area contributed by atoms with E-state index < -0.39 is 4.92 Å². The Morgan fingerprint density at radius 3 is 2.38 bits per heavy atom. The van der Waals surface area contributed by atoms with E-state index in [0.717, 1.165) is 12.0 Å². The third kappa shape index (κ3) is 3.31. The summed E-state index contributed by atoms with van der Waals surface area (Å²) >= 11 is 12.3. The van der Waals surface area contributed by atoms with Crippen LogP contribution in [-0.2, 0) is 6.42 Å². The lowest BCUT2D eigenvalue weighted by molar-refractivity contribution is -0.384. The molecule has 5 nitrogen and oxygen atoms in total. The molecule has 110 valence electrons. The number of benzene rings is 1. The molecule has 0 radical (unpaired) electrons. The Morgan fingerprint density at radius 2 is 1.86 bits per heavy atom. The average Bonchev–Trinajstić information content (AvgIpc) is 2.43. The zero-order chi connectivity index (χ0) is 15.6. The zero-order valence-corrected chi connectivity index (χ0v) is 13.1. The smallest absolute Gasteiger partial charge is 0.258 e. The molecule has 2 aromatic rings. The molecule has 0 unspecified atom stereocenters. The Labute approximate surface area is 132 Å². The summed E-state index contributed by atoms with van der Waals surface area (Å²) in [5, 5.41) is 11.5. The van der Waals surface area contributed by atoms with E-state index in [1.807, 2.05) is 13.8 Å². The van der Waals surface area contributed by atoms with Gasteiger partial charge in [0, 0.05) is 23.3 Å².